The Kier molecular flexibility index (Phi) is 4.51. The minimum Gasteiger partial charge on any atom is -0.436 e. The lowest BCUT2D eigenvalue weighted by atomic mass is 10.2. The van der Waals surface area contributed by atoms with Crippen molar-refractivity contribution >= 4 is 45.3 Å². The molecule has 3 rings (SSSR count). The van der Waals surface area contributed by atoms with Crippen molar-refractivity contribution in [2.45, 2.75) is 0 Å². The molecular weight excluding hydrogens is 332 g/mol. The number of nitriles is 1. The van der Waals surface area contributed by atoms with Crippen molar-refractivity contribution in [3.05, 3.63) is 47.5 Å². The van der Waals surface area contributed by atoms with E-state index in [-0.39, 0.29) is 0 Å². The molecule has 2 aromatic carbocycles. The van der Waals surface area contributed by atoms with Gasteiger partial charge in [0.1, 0.15) is 5.52 Å². The normalized spacial score (nSPS) is 11.4. The molecule has 0 fully saturated rings. The summed E-state index contributed by atoms with van der Waals surface area (Å²) >= 11 is 7.33. The Morgan fingerprint density at radius 1 is 1.35 bits per heavy atom. The quantitative estimate of drug-likeness (QED) is 0.319. The molecule has 5 nitrogen and oxygen atoms in total. The third-order valence-corrected chi connectivity index (χ3v) is 3.84. The van der Waals surface area contributed by atoms with Gasteiger partial charge in [-0.15, -0.1) is 0 Å². The van der Waals surface area contributed by atoms with Gasteiger partial charge in [0, 0.05) is 10.6 Å². The van der Waals surface area contributed by atoms with E-state index in [4.69, 9.17) is 21.3 Å². The number of hydrogen-bond donors (Lipinski definition) is 1. The molecule has 0 spiro atoms. The number of nitrogens with zero attached hydrogens (tertiary/aromatic N) is 3. The summed E-state index contributed by atoms with van der Waals surface area (Å²) in [5.41, 5.74) is 2.89. The zero-order valence-corrected chi connectivity index (χ0v) is 13.6. The van der Waals surface area contributed by atoms with Crippen LogP contribution in [0.1, 0.15) is 0 Å². The van der Waals surface area contributed by atoms with Crippen LogP contribution in [-0.4, -0.2) is 16.4 Å². The predicted octanol–water partition coefficient (Wildman–Crippen LogP) is 4.57. The fraction of sp³-hybridized carbons (Fsp3) is 0.0625. The SMILES string of the molecule is CSC(=Nc1cccc(-c2nc3cc(Cl)ccc3o2)c1)NC#N. The molecule has 0 radical (unpaired) electrons. The first-order valence-corrected chi connectivity index (χ1v) is 8.24. The van der Waals surface area contributed by atoms with E-state index in [1.807, 2.05) is 36.7 Å². The average Bonchev–Trinajstić information content (AvgIpc) is 2.98. The maximum absolute atomic E-state index is 8.69. The Hall–Kier alpha value is -2.49. The second-order valence-electron chi connectivity index (χ2n) is 4.54. The van der Waals surface area contributed by atoms with Crippen LogP contribution in [0.4, 0.5) is 5.69 Å². The lowest BCUT2D eigenvalue weighted by molar-refractivity contribution is 0.620. The molecule has 0 atom stereocenters. The van der Waals surface area contributed by atoms with Crippen LogP contribution in [0.5, 0.6) is 0 Å². The third kappa shape index (κ3) is 3.47. The van der Waals surface area contributed by atoms with Crippen LogP contribution in [0.3, 0.4) is 0 Å². The van der Waals surface area contributed by atoms with Gasteiger partial charge in [-0.3, -0.25) is 5.32 Å². The summed E-state index contributed by atoms with van der Waals surface area (Å²) in [6, 6.07) is 12.8. The largest absolute Gasteiger partial charge is 0.436 e. The van der Waals surface area contributed by atoms with E-state index < -0.39 is 0 Å². The molecule has 114 valence electrons. The molecule has 0 saturated carbocycles. The van der Waals surface area contributed by atoms with Gasteiger partial charge in [0.15, 0.2) is 16.9 Å². The zero-order valence-electron chi connectivity index (χ0n) is 12.1. The standard InChI is InChI=1S/C16H11ClN4OS/c1-23-16(19-9-18)20-12-4-2-3-10(7-12)15-21-13-8-11(17)5-6-14(13)22-15/h2-8H,1H3,(H,19,20). The Labute approximate surface area is 142 Å². The number of oxazole rings is 1. The molecule has 1 heterocycles. The molecule has 0 aliphatic rings. The number of nitrogens with one attached hydrogen (secondary N) is 1. The molecule has 0 saturated heterocycles. The van der Waals surface area contributed by atoms with Gasteiger partial charge in [0.05, 0.1) is 5.69 Å². The number of aromatic nitrogens is 1. The van der Waals surface area contributed by atoms with Crippen molar-refractivity contribution in [3.63, 3.8) is 0 Å². The first kappa shape index (κ1) is 15.4. The summed E-state index contributed by atoms with van der Waals surface area (Å²) < 4.78 is 5.75. The van der Waals surface area contributed by atoms with E-state index >= 15 is 0 Å². The first-order chi connectivity index (χ1) is 11.2. The summed E-state index contributed by atoms with van der Waals surface area (Å²) in [5, 5.41) is 12.4. The van der Waals surface area contributed by atoms with E-state index in [1.165, 1.54) is 11.8 Å². The average molecular weight is 343 g/mol. The van der Waals surface area contributed by atoms with Gasteiger partial charge < -0.3 is 4.42 Å². The highest BCUT2D eigenvalue weighted by atomic mass is 35.5. The number of thioether (sulfide) groups is 1. The van der Waals surface area contributed by atoms with Gasteiger partial charge >= 0.3 is 0 Å². The predicted molar refractivity (Wildman–Crippen MR) is 93.8 cm³/mol. The second kappa shape index (κ2) is 6.73. The van der Waals surface area contributed by atoms with Gasteiger partial charge in [0.25, 0.3) is 0 Å². The van der Waals surface area contributed by atoms with E-state index in [1.54, 1.807) is 18.2 Å². The highest BCUT2D eigenvalue weighted by Crippen LogP contribution is 2.28. The van der Waals surface area contributed by atoms with Crippen molar-refractivity contribution in [1.82, 2.24) is 10.3 Å². The number of aliphatic imine (C=N–C) groups is 1. The van der Waals surface area contributed by atoms with Gasteiger partial charge in [-0.25, -0.2) is 9.98 Å². The molecular formula is C16H11ClN4OS. The minimum absolute atomic E-state index is 0.498. The van der Waals surface area contributed by atoms with Crippen LogP contribution in [0, 0.1) is 11.5 Å². The smallest absolute Gasteiger partial charge is 0.227 e. The number of fused-ring (bicyclic) bond motifs is 1. The highest BCUT2D eigenvalue weighted by Gasteiger charge is 2.09. The lowest BCUT2D eigenvalue weighted by Crippen LogP contribution is -2.12. The summed E-state index contributed by atoms with van der Waals surface area (Å²) in [6.07, 6.45) is 3.71. The molecule has 3 aromatic rings. The van der Waals surface area contributed by atoms with E-state index in [0.717, 1.165) is 5.56 Å². The number of hydrogen-bond acceptors (Lipinski definition) is 5. The van der Waals surface area contributed by atoms with Gasteiger partial charge in [-0.1, -0.05) is 29.4 Å². The Morgan fingerprint density at radius 3 is 3.00 bits per heavy atom. The Morgan fingerprint density at radius 2 is 2.22 bits per heavy atom. The lowest BCUT2D eigenvalue weighted by Gasteiger charge is -2.01. The van der Waals surface area contributed by atoms with Crippen LogP contribution in [-0.2, 0) is 0 Å². The fourth-order valence-corrected chi connectivity index (χ4v) is 2.53. The van der Waals surface area contributed by atoms with E-state index in [9.17, 15) is 0 Å². The molecule has 0 amide bonds. The molecule has 23 heavy (non-hydrogen) atoms. The molecule has 0 aliphatic carbocycles. The Balaban J connectivity index is 1.99. The van der Waals surface area contributed by atoms with Gasteiger partial charge in [-0.05, 0) is 42.7 Å². The number of benzene rings is 2. The van der Waals surface area contributed by atoms with Crippen molar-refractivity contribution in [2.75, 3.05) is 6.26 Å². The number of amidine groups is 1. The van der Waals surface area contributed by atoms with Crippen molar-refractivity contribution < 1.29 is 4.42 Å². The molecule has 1 N–H and O–H groups in total. The van der Waals surface area contributed by atoms with Crippen LogP contribution in [0.25, 0.3) is 22.6 Å². The number of halogens is 1. The van der Waals surface area contributed by atoms with Crippen molar-refractivity contribution in [1.29, 1.82) is 5.26 Å². The summed E-state index contributed by atoms with van der Waals surface area (Å²) in [5.74, 6) is 0.498. The maximum Gasteiger partial charge on any atom is 0.227 e. The van der Waals surface area contributed by atoms with E-state index in [0.29, 0.717) is 32.9 Å². The maximum atomic E-state index is 8.69. The molecule has 0 bridgehead atoms. The summed E-state index contributed by atoms with van der Waals surface area (Å²) in [4.78, 5) is 8.82. The summed E-state index contributed by atoms with van der Waals surface area (Å²) in [7, 11) is 0. The topological polar surface area (TPSA) is 74.2 Å². The number of rotatable bonds is 2. The molecule has 1 aromatic heterocycles. The van der Waals surface area contributed by atoms with Crippen LogP contribution < -0.4 is 5.32 Å². The van der Waals surface area contributed by atoms with Crippen molar-refractivity contribution in [2.24, 2.45) is 4.99 Å². The molecule has 0 aliphatic heterocycles. The van der Waals surface area contributed by atoms with Crippen molar-refractivity contribution in [3.8, 4) is 17.6 Å². The minimum atomic E-state index is 0.498. The van der Waals surface area contributed by atoms with Gasteiger partial charge in [0.2, 0.25) is 5.89 Å². The summed E-state index contributed by atoms with van der Waals surface area (Å²) in [6.45, 7) is 0. The Bertz CT molecular complexity index is 929. The highest BCUT2D eigenvalue weighted by molar-refractivity contribution is 8.13. The monoisotopic (exact) mass is 342 g/mol. The van der Waals surface area contributed by atoms with Crippen LogP contribution in [0.15, 0.2) is 51.9 Å². The van der Waals surface area contributed by atoms with E-state index in [2.05, 4.69) is 15.3 Å². The molecule has 7 heteroatoms. The third-order valence-electron chi connectivity index (χ3n) is 3.03. The molecule has 0 unspecified atom stereocenters. The van der Waals surface area contributed by atoms with Crippen LogP contribution >= 0.6 is 23.4 Å². The second-order valence-corrected chi connectivity index (χ2v) is 5.77. The zero-order chi connectivity index (χ0) is 16.2. The van der Waals surface area contributed by atoms with Gasteiger partial charge in [-0.2, -0.15) is 5.26 Å². The van der Waals surface area contributed by atoms with Crippen LogP contribution in [0.2, 0.25) is 5.02 Å². The fourth-order valence-electron chi connectivity index (χ4n) is 2.02. The first-order valence-electron chi connectivity index (χ1n) is 6.64.